The number of hydrogen-bond donors (Lipinski definition) is 0. The minimum atomic E-state index is -0.517. The first-order chi connectivity index (χ1) is 12.3. The minimum absolute atomic E-state index is 0.212. The summed E-state index contributed by atoms with van der Waals surface area (Å²) >= 11 is 0. The minimum Gasteiger partial charge on any atom is -0.388 e. The summed E-state index contributed by atoms with van der Waals surface area (Å²) < 4.78 is 8.20. The van der Waals surface area contributed by atoms with Crippen molar-refractivity contribution in [3.8, 4) is 11.5 Å². The van der Waals surface area contributed by atoms with E-state index in [9.17, 15) is 4.79 Å². The highest BCUT2D eigenvalue weighted by atomic mass is 16.4. The lowest BCUT2D eigenvalue weighted by atomic mass is 10.2. The lowest BCUT2D eigenvalue weighted by Crippen LogP contribution is -2.16. The van der Waals surface area contributed by atoms with Crippen LogP contribution in [0, 0.1) is 0 Å². The quantitative estimate of drug-likeness (QED) is 0.559. The van der Waals surface area contributed by atoms with Crippen molar-refractivity contribution in [1.29, 1.82) is 0 Å². The molecule has 0 aliphatic carbocycles. The van der Waals surface area contributed by atoms with Gasteiger partial charge in [0.05, 0.1) is 19.3 Å². The second-order valence-electron chi connectivity index (χ2n) is 5.59. The molecule has 0 aliphatic rings. The molecule has 0 atom stereocenters. The Kier molecular flexibility index (Phi) is 3.96. The third-order valence-electron chi connectivity index (χ3n) is 3.71. The molecule has 124 valence electrons. The van der Waals surface area contributed by atoms with Crippen LogP contribution in [0.5, 0.6) is 0 Å². The highest BCUT2D eigenvalue weighted by molar-refractivity contribution is 5.51. The highest BCUT2D eigenvalue weighted by Crippen LogP contribution is 2.14. The second-order valence-corrected chi connectivity index (χ2v) is 5.59. The monoisotopic (exact) mass is 333 g/mol. The van der Waals surface area contributed by atoms with Crippen LogP contribution in [-0.2, 0) is 13.1 Å². The molecule has 0 saturated heterocycles. The van der Waals surface area contributed by atoms with E-state index in [2.05, 4.69) is 15.4 Å². The Hall–Kier alpha value is -3.48. The SMILES string of the molecule is O=c1oc(-c2ccccc2)nn1Cc1cn(Cc2ccccc2)nn1. The van der Waals surface area contributed by atoms with Crippen molar-refractivity contribution in [2.24, 2.45) is 0 Å². The van der Waals surface area contributed by atoms with Gasteiger partial charge >= 0.3 is 5.76 Å². The van der Waals surface area contributed by atoms with Crippen LogP contribution in [0.3, 0.4) is 0 Å². The zero-order valence-electron chi connectivity index (χ0n) is 13.3. The van der Waals surface area contributed by atoms with E-state index < -0.39 is 5.76 Å². The predicted molar refractivity (Wildman–Crippen MR) is 90.9 cm³/mol. The van der Waals surface area contributed by atoms with Crippen LogP contribution < -0.4 is 5.76 Å². The molecule has 2 aromatic heterocycles. The predicted octanol–water partition coefficient (Wildman–Crippen LogP) is 2.19. The largest absolute Gasteiger partial charge is 0.437 e. The van der Waals surface area contributed by atoms with Crippen molar-refractivity contribution >= 4 is 0 Å². The summed E-state index contributed by atoms with van der Waals surface area (Å²) in [6.07, 6.45) is 1.80. The average molecular weight is 333 g/mol. The van der Waals surface area contributed by atoms with Crippen molar-refractivity contribution in [3.05, 3.63) is 88.7 Å². The third kappa shape index (κ3) is 3.40. The second kappa shape index (κ2) is 6.56. The molecule has 0 fully saturated rings. The fourth-order valence-corrected chi connectivity index (χ4v) is 2.52. The fourth-order valence-electron chi connectivity index (χ4n) is 2.52. The van der Waals surface area contributed by atoms with Gasteiger partial charge in [0.25, 0.3) is 0 Å². The van der Waals surface area contributed by atoms with E-state index in [1.54, 1.807) is 10.9 Å². The topological polar surface area (TPSA) is 78.7 Å². The Morgan fingerprint density at radius 2 is 1.64 bits per heavy atom. The van der Waals surface area contributed by atoms with Crippen LogP contribution in [0.2, 0.25) is 0 Å². The van der Waals surface area contributed by atoms with Crippen LogP contribution in [-0.4, -0.2) is 24.8 Å². The summed E-state index contributed by atoms with van der Waals surface area (Å²) in [6.45, 7) is 0.834. The van der Waals surface area contributed by atoms with E-state index >= 15 is 0 Å². The van der Waals surface area contributed by atoms with E-state index in [0.717, 1.165) is 11.1 Å². The molecular formula is C18H15N5O2. The first-order valence-corrected chi connectivity index (χ1v) is 7.84. The smallest absolute Gasteiger partial charge is 0.388 e. The fraction of sp³-hybridized carbons (Fsp3) is 0.111. The summed E-state index contributed by atoms with van der Waals surface area (Å²) in [4.78, 5) is 12.0. The molecular weight excluding hydrogens is 318 g/mol. The van der Waals surface area contributed by atoms with Gasteiger partial charge in [-0.2, -0.15) is 4.68 Å². The van der Waals surface area contributed by atoms with Gasteiger partial charge in [-0.1, -0.05) is 53.7 Å². The number of nitrogens with zero attached hydrogens (tertiary/aromatic N) is 5. The normalized spacial score (nSPS) is 10.9. The molecule has 25 heavy (non-hydrogen) atoms. The van der Waals surface area contributed by atoms with Gasteiger partial charge in [0.1, 0.15) is 5.69 Å². The maximum Gasteiger partial charge on any atom is 0.437 e. The van der Waals surface area contributed by atoms with Gasteiger partial charge in [0, 0.05) is 5.56 Å². The van der Waals surface area contributed by atoms with Crippen LogP contribution in [0.15, 0.2) is 76.1 Å². The van der Waals surface area contributed by atoms with Crippen LogP contribution in [0.25, 0.3) is 11.5 Å². The molecule has 4 aromatic rings. The van der Waals surface area contributed by atoms with Gasteiger partial charge < -0.3 is 4.42 Å². The molecule has 0 amide bonds. The Morgan fingerprint density at radius 3 is 2.40 bits per heavy atom. The molecule has 7 heteroatoms. The molecule has 2 aromatic carbocycles. The van der Waals surface area contributed by atoms with E-state index in [4.69, 9.17) is 4.42 Å². The Balaban J connectivity index is 1.51. The van der Waals surface area contributed by atoms with E-state index in [1.807, 2.05) is 60.7 Å². The zero-order valence-corrected chi connectivity index (χ0v) is 13.3. The average Bonchev–Trinajstić information content (AvgIpc) is 3.24. The third-order valence-corrected chi connectivity index (χ3v) is 3.71. The molecule has 0 bridgehead atoms. The van der Waals surface area contributed by atoms with Crippen LogP contribution in [0.1, 0.15) is 11.3 Å². The van der Waals surface area contributed by atoms with Crippen molar-refractivity contribution in [2.45, 2.75) is 13.1 Å². The van der Waals surface area contributed by atoms with Gasteiger partial charge in [-0.3, -0.25) is 0 Å². The zero-order chi connectivity index (χ0) is 17.1. The summed E-state index contributed by atoms with van der Waals surface area (Å²) in [6, 6.07) is 19.3. The van der Waals surface area contributed by atoms with E-state index in [-0.39, 0.29) is 6.54 Å². The van der Waals surface area contributed by atoms with Crippen LogP contribution in [0.4, 0.5) is 0 Å². The van der Waals surface area contributed by atoms with Gasteiger partial charge in [-0.25, -0.2) is 9.48 Å². The van der Waals surface area contributed by atoms with Crippen molar-refractivity contribution in [2.75, 3.05) is 0 Å². The molecule has 0 unspecified atom stereocenters. The Labute approximate surface area is 143 Å². The summed E-state index contributed by atoms with van der Waals surface area (Å²) in [5.74, 6) is -0.223. The maximum absolute atomic E-state index is 12.0. The lowest BCUT2D eigenvalue weighted by molar-refractivity contribution is 0.493. The van der Waals surface area contributed by atoms with E-state index in [1.165, 1.54) is 4.68 Å². The summed E-state index contributed by atoms with van der Waals surface area (Å²) in [5.41, 5.74) is 2.53. The lowest BCUT2D eigenvalue weighted by Gasteiger charge is -1.99. The van der Waals surface area contributed by atoms with Gasteiger partial charge in [-0.05, 0) is 17.7 Å². The van der Waals surface area contributed by atoms with Gasteiger partial charge in [-0.15, -0.1) is 10.2 Å². The summed E-state index contributed by atoms with van der Waals surface area (Å²) in [7, 11) is 0. The highest BCUT2D eigenvalue weighted by Gasteiger charge is 2.12. The maximum atomic E-state index is 12.0. The first kappa shape index (κ1) is 15.1. The molecule has 4 rings (SSSR count). The molecule has 7 nitrogen and oxygen atoms in total. The Bertz CT molecular complexity index is 1020. The van der Waals surface area contributed by atoms with Crippen LogP contribution >= 0.6 is 0 Å². The first-order valence-electron chi connectivity index (χ1n) is 7.84. The van der Waals surface area contributed by atoms with E-state index in [0.29, 0.717) is 18.1 Å². The number of hydrogen-bond acceptors (Lipinski definition) is 5. The Morgan fingerprint density at radius 1 is 0.920 bits per heavy atom. The number of benzene rings is 2. The molecule has 0 radical (unpaired) electrons. The van der Waals surface area contributed by atoms with Crippen molar-refractivity contribution in [3.63, 3.8) is 0 Å². The molecule has 0 spiro atoms. The molecule has 0 N–H and O–H groups in total. The van der Waals surface area contributed by atoms with Crippen molar-refractivity contribution in [1.82, 2.24) is 24.8 Å². The molecule has 0 saturated carbocycles. The van der Waals surface area contributed by atoms with Gasteiger partial charge in [0.15, 0.2) is 0 Å². The summed E-state index contributed by atoms with van der Waals surface area (Å²) in [5, 5.41) is 12.4. The number of rotatable bonds is 5. The number of aromatic nitrogens is 5. The standard InChI is InChI=1S/C18H15N5O2/c24-18-23(20-17(25-18)15-9-5-2-6-10-15)13-16-12-22(21-19-16)11-14-7-3-1-4-8-14/h1-10,12H,11,13H2. The van der Waals surface area contributed by atoms with Crippen molar-refractivity contribution < 1.29 is 4.42 Å². The molecule has 2 heterocycles. The van der Waals surface area contributed by atoms with Gasteiger partial charge in [0.2, 0.25) is 5.89 Å². The molecule has 0 aliphatic heterocycles.